The smallest absolute Gasteiger partial charge is 0.267 e. The van der Waals surface area contributed by atoms with Crippen LogP contribution in [0, 0.1) is 0 Å². The molecule has 1 heterocycles. The summed E-state index contributed by atoms with van der Waals surface area (Å²) in [6.07, 6.45) is 2.95. The number of nitrogens with zero attached hydrogens (tertiary/aromatic N) is 1. The molecule has 0 radical (unpaired) electrons. The molecule has 5 nitrogen and oxygen atoms in total. The summed E-state index contributed by atoms with van der Waals surface area (Å²) >= 11 is 9.09. The van der Waals surface area contributed by atoms with Crippen LogP contribution in [0.2, 0.25) is 5.02 Å². The quantitative estimate of drug-likeness (QED) is 0.814. The second kappa shape index (κ2) is 6.49. The van der Waals surface area contributed by atoms with Crippen molar-refractivity contribution in [1.82, 2.24) is 15.8 Å². The zero-order chi connectivity index (χ0) is 14.5. The van der Waals surface area contributed by atoms with Gasteiger partial charge in [0.25, 0.3) is 11.8 Å². The summed E-state index contributed by atoms with van der Waals surface area (Å²) < 4.78 is 0.669. The van der Waals surface area contributed by atoms with Gasteiger partial charge in [-0.15, -0.1) is 0 Å². The molecule has 0 spiro atoms. The maximum absolute atomic E-state index is 11.8. The molecule has 0 fully saturated rings. The van der Waals surface area contributed by atoms with Crippen LogP contribution in [-0.4, -0.2) is 16.8 Å². The van der Waals surface area contributed by atoms with Crippen molar-refractivity contribution in [1.29, 1.82) is 0 Å². The summed E-state index contributed by atoms with van der Waals surface area (Å²) in [6.45, 7) is 0. The molecule has 7 heteroatoms. The summed E-state index contributed by atoms with van der Waals surface area (Å²) in [4.78, 5) is 27.5. The van der Waals surface area contributed by atoms with Crippen LogP contribution in [0.1, 0.15) is 20.7 Å². The highest BCUT2D eigenvalue weighted by atomic mass is 79.9. The van der Waals surface area contributed by atoms with Crippen molar-refractivity contribution in [3.05, 3.63) is 63.3 Å². The Balaban J connectivity index is 2.01. The van der Waals surface area contributed by atoms with Crippen LogP contribution in [0.5, 0.6) is 0 Å². The Bertz CT molecular complexity index is 664. The number of benzene rings is 1. The molecule has 0 atom stereocenters. The Morgan fingerprint density at radius 2 is 1.80 bits per heavy atom. The summed E-state index contributed by atoms with van der Waals surface area (Å²) in [5.41, 5.74) is 5.18. The molecule has 2 N–H and O–H groups in total. The molecule has 0 unspecified atom stereocenters. The molecule has 1 aromatic heterocycles. The second-order valence-electron chi connectivity index (χ2n) is 3.78. The number of amides is 2. The van der Waals surface area contributed by atoms with E-state index in [4.69, 9.17) is 11.6 Å². The van der Waals surface area contributed by atoms with Gasteiger partial charge in [0.1, 0.15) is 0 Å². The van der Waals surface area contributed by atoms with Crippen LogP contribution < -0.4 is 10.9 Å². The van der Waals surface area contributed by atoms with Gasteiger partial charge in [0, 0.05) is 16.9 Å². The number of halogens is 2. The zero-order valence-electron chi connectivity index (χ0n) is 10.1. The number of hydrazine groups is 1. The number of carbonyl (C=O) groups is 2. The molecule has 0 aliphatic heterocycles. The van der Waals surface area contributed by atoms with E-state index >= 15 is 0 Å². The maximum Gasteiger partial charge on any atom is 0.271 e. The van der Waals surface area contributed by atoms with Crippen LogP contribution in [0.3, 0.4) is 0 Å². The SMILES string of the molecule is O=C(NNC(=O)c1ccccc1Cl)c1cncc(Br)c1. The number of carbonyl (C=O) groups excluding carboxylic acids is 2. The fourth-order valence-corrected chi connectivity index (χ4v) is 2.02. The van der Waals surface area contributed by atoms with E-state index in [-0.39, 0.29) is 5.56 Å². The van der Waals surface area contributed by atoms with Gasteiger partial charge in [-0.2, -0.15) is 0 Å². The van der Waals surface area contributed by atoms with Crippen LogP contribution in [0.4, 0.5) is 0 Å². The fraction of sp³-hybridized carbons (Fsp3) is 0. The highest BCUT2D eigenvalue weighted by Crippen LogP contribution is 2.14. The number of pyridine rings is 1. The minimum atomic E-state index is -0.494. The molecular weight excluding hydrogens is 346 g/mol. The molecule has 0 aliphatic rings. The minimum absolute atomic E-state index is 0.279. The van der Waals surface area contributed by atoms with E-state index in [0.29, 0.717) is 15.1 Å². The van der Waals surface area contributed by atoms with Gasteiger partial charge in [-0.3, -0.25) is 25.4 Å². The van der Waals surface area contributed by atoms with Crippen molar-refractivity contribution in [2.24, 2.45) is 0 Å². The maximum atomic E-state index is 11.8. The number of aromatic nitrogens is 1. The van der Waals surface area contributed by atoms with E-state index < -0.39 is 11.8 Å². The lowest BCUT2D eigenvalue weighted by Crippen LogP contribution is -2.41. The lowest BCUT2D eigenvalue weighted by molar-refractivity contribution is 0.0846. The average molecular weight is 355 g/mol. The van der Waals surface area contributed by atoms with Crippen LogP contribution >= 0.6 is 27.5 Å². The Kier molecular flexibility index (Phi) is 4.70. The Labute approximate surface area is 128 Å². The number of rotatable bonds is 2. The third kappa shape index (κ3) is 3.55. The standard InChI is InChI=1S/C13H9BrClN3O2/c14-9-5-8(6-16-7-9)12(19)17-18-13(20)10-3-1-2-4-11(10)15/h1-7H,(H,17,19)(H,18,20). The molecule has 0 saturated carbocycles. The number of nitrogens with one attached hydrogen (secondary N) is 2. The van der Waals surface area contributed by atoms with Gasteiger partial charge in [-0.1, -0.05) is 23.7 Å². The highest BCUT2D eigenvalue weighted by molar-refractivity contribution is 9.10. The van der Waals surface area contributed by atoms with Crippen molar-refractivity contribution in [2.75, 3.05) is 0 Å². The van der Waals surface area contributed by atoms with Gasteiger partial charge >= 0.3 is 0 Å². The average Bonchev–Trinajstić information content (AvgIpc) is 2.45. The van der Waals surface area contributed by atoms with Gasteiger partial charge in [0.05, 0.1) is 16.1 Å². The molecule has 2 rings (SSSR count). The highest BCUT2D eigenvalue weighted by Gasteiger charge is 2.11. The van der Waals surface area contributed by atoms with Gasteiger partial charge in [0.15, 0.2) is 0 Å². The summed E-state index contributed by atoms with van der Waals surface area (Å²) in [5, 5.41) is 0.309. The molecule has 0 bridgehead atoms. The largest absolute Gasteiger partial charge is 0.271 e. The zero-order valence-corrected chi connectivity index (χ0v) is 12.4. The first-order chi connectivity index (χ1) is 9.58. The van der Waals surface area contributed by atoms with Crippen LogP contribution in [0.15, 0.2) is 47.2 Å². The van der Waals surface area contributed by atoms with Gasteiger partial charge in [0.2, 0.25) is 0 Å². The Hall–Kier alpha value is -1.92. The topological polar surface area (TPSA) is 71.1 Å². The lowest BCUT2D eigenvalue weighted by Gasteiger charge is -2.08. The predicted octanol–water partition coefficient (Wildman–Crippen LogP) is 2.57. The Morgan fingerprint density at radius 3 is 2.50 bits per heavy atom. The van der Waals surface area contributed by atoms with Crippen LogP contribution in [-0.2, 0) is 0 Å². The first-order valence-corrected chi connectivity index (χ1v) is 6.71. The van der Waals surface area contributed by atoms with Crippen LogP contribution in [0.25, 0.3) is 0 Å². The molecule has 20 heavy (non-hydrogen) atoms. The normalized spacial score (nSPS) is 9.90. The van der Waals surface area contributed by atoms with E-state index in [9.17, 15) is 9.59 Å². The molecule has 0 aliphatic carbocycles. The van der Waals surface area contributed by atoms with Gasteiger partial charge in [-0.05, 0) is 34.1 Å². The van der Waals surface area contributed by atoms with E-state index in [2.05, 4.69) is 31.8 Å². The third-order valence-electron chi connectivity index (χ3n) is 2.38. The van der Waals surface area contributed by atoms with Gasteiger partial charge < -0.3 is 0 Å². The third-order valence-corrected chi connectivity index (χ3v) is 3.14. The predicted molar refractivity (Wildman–Crippen MR) is 78.3 cm³/mol. The first-order valence-electron chi connectivity index (χ1n) is 5.53. The monoisotopic (exact) mass is 353 g/mol. The van der Waals surface area contributed by atoms with E-state index in [1.54, 1.807) is 36.5 Å². The minimum Gasteiger partial charge on any atom is -0.267 e. The molecular formula is C13H9BrClN3O2. The first kappa shape index (κ1) is 14.5. The van der Waals surface area contributed by atoms with Crippen molar-refractivity contribution < 1.29 is 9.59 Å². The van der Waals surface area contributed by atoms with Crippen molar-refractivity contribution in [2.45, 2.75) is 0 Å². The lowest BCUT2D eigenvalue weighted by atomic mass is 10.2. The van der Waals surface area contributed by atoms with Crippen molar-refractivity contribution in [3.8, 4) is 0 Å². The molecule has 0 saturated heterocycles. The van der Waals surface area contributed by atoms with Crippen molar-refractivity contribution in [3.63, 3.8) is 0 Å². The van der Waals surface area contributed by atoms with Gasteiger partial charge in [-0.25, -0.2) is 0 Å². The summed E-state index contributed by atoms with van der Waals surface area (Å²) in [7, 11) is 0. The second-order valence-corrected chi connectivity index (χ2v) is 5.10. The number of hydrogen-bond donors (Lipinski definition) is 2. The molecule has 1 aromatic carbocycles. The van der Waals surface area contributed by atoms with E-state index in [0.717, 1.165) is 0 Å². The van der Waals surface area contributed by atoms with E-state index in [1.807, 2.05) is 0 Å². The molecule has 102 valence electrons. The van der Waals surface area contributed by atoms with E-state index in [1.165, 1.54) is 6.20 Å². The Morgan fingerprint density at radius 1 is 1.10 bits per heavy atom. The molecule has 2 amide bonds. The van der Waals surface area contributed by atoms with Crippen molar-refractivity contribution >= 4 is 39.3 Å². The summed E-state index contributed by atoms with van der Waals surface area (Å²) in [5.74, 6) is -0.967. The molecule has 2 aromatic rings. The fourth-order valence-electron chi connectivity index (χ4n) is 1.43. The number of hydrogen-bond acceptors (Lipinski definition) is 3. The summed E-state index contributed by atoms with van der Waals surface area (Å²) in [6, 6.07) is 8.14.